The molecule has 0 fully saturated rings. The first-order chi connectivity index (χ1) is 14.0. The molecule has 7 heteroatoms. The second-order valence-corrected chi connectivity index (χ2v) is 7.07. The Kier molecular flexibility index (Phi) is 6.86. The molecule has 3 rings (SSSR count). The second kappa shape index (κ2) is 9.54. The van der Waals surface area contributed by atoms with Gasteiger partial charge in [0.05, 0.1) is 29.3 Å². The maximum Gasteiger partial charge on any atom is 0.307 e. The van der Waals surface area contributed by atoms with Gasteiger partial charge in [-0.05, 0) is 29.3 Å². The number of aliphatic carboxylic acids is 1. The highest BCUT2D eigenvalue weighted by molar-refractivity contribution is 6.39. The number of hydrogen-bond donors (Lipinski definition) is 2. The number of anilines is 2. The lowest BCUT2D eigenvalue weighted by atomic mass is 10.1. The molecule has 0 aliphatic rings. The van der Waals surface area contributed by atoms with Crippen LogP contribution in [0.4, 0.5) is 11.4 Å². The van der Waals surface area contributed by atoms with Crippen molar-refractivity contribution in [3.63, 3.8) is 0 Å². The van der Waals surface area contributed by atoms with Gasteiger partial charge in [0, 0.05) is 17.8 Å². The lowest BCUT2D eigenvalue weighted by molar-refractivity contribution is -0.136. The first-order valence-corrected chi connectivity index (χ1v) is 9.53. The molecule has 0 aliphatic carbocycles. The number of para-hydroxylation sites is 1. The molecule has 0 bridgehead atoms. The number of nitrogens with one attached hydrogen (secondary N) is 1. The van der Waals surface area contributed by atoms with Crippen LogP contribution in [0.5, 0.6) is 11.5 Å². The average molecular weight is 432 g/mol. The number of carboxylic acids is 1. The van der Waals surface area contributed by atoms with Gasteiger partial charge in [-0.2, -0.15) is 0 Å². The van der Waals surface area contributed by atoms with Crippen molar-refractivity contribution in [1.29, 1.82) is 0 Å². The van der Waals surface area contributed by atoms with Crippen molar-refractivity contribution < 1.29 is 19.4 Å². The molecule has 29 heavy (non-hydrogen) atoms. The second-order valence-electron chi connectivity index (χ2n) is 6.25. The molecule has 0 heterocycles. The number of halogens is 2. The van der Waals surface area contributed by atoms with Crippen LogP contribution in [0.3, 0.4) is 0 Å². The van der Waals surface area contributed by atoms with Crippen molar-refractivity contribution in [2.45, 2.75) is 13.0 Å². The Balaban J connectivity index is 1.77. The average Bonchev–Trinajstić information content (AvgIpc) is 2.70. The number of carboxylic acid groups (broad SMARTS) is 1. The van der Waals surface area contributed by atoms with Gasteiger partial charge in [0.2, 0.25) is 0 Å². The van der Waals surface area contributed by atoms with E-state index in [0.717, 1.165) is 11.3 Å². The quantitative estimate of drug-likeness (QED) is 0.460. The first kappa shape index (κ1) is 20.8. The summed E-state index contributed by atoms with van der Waals surface area (Å²) in [6.45, 7) is 0.331. The van der Waals surface area contributed by atoms with Crippen LogP contribution in [0.1, 0.15) is 11.1 Å². The highest BCUT2D eigenvalue weighted by Gasteiger charge is 2.13. The molecule has 3 aromatic rings. The van der Waals surface area contributed by atoms with Crippen LogP contribution >= 0.6 is 23.2 Å². The Morgan fingerprint density at radius 3 is 2.41 bits per heavy atom. The molecule has 150 valence electrons. The molecule has 0 unspecified atom stereocenters. The minimum absolute atomic E-state index is 0.111. The van der Waals surface area contributed by atoms with Gasteiger partial charge < -0.3 is 19.9 Å². The van der Waals surface area contributed by atoms with Gasteiger partial charge in [0.25, 0.3) is 0 Å². The van der Waals surface area contributed by atoms with E-state index in [9.17, 15) is 4.79 Å². The molecule has 0 amide bonds. The van der Waals surface area contributed by atoms with Crippen LogP contribution in [0.25, 0.3) is 0 Å². The van der Waals surface area contributed by atoms with Crippen LogP contribution in [0.2, 0.25) is 10.0 Å². The molecular weight excluding hydrogens is 413 g/mol. The van der Waals surface area contributed by atoms with Gasteiger partial charge in [0.1, 0.15) is 18.1 Å². The molecule has 5 nitrogen and oxygen atoms in total. The summed E-state index contributed by atoms with van der Waals surface area (Å²) in [5, 5.41) is 12.9. The number of ether oxygens (including phenoxy) is 2. The Hall–Kier alpha value is -2.89. The Morgan fingerprint density at radius 2 is 1.72 bits per heavy atom. The van der Waals surface area contributed by atoms with Gasteiger partial charge in [-0.25, -0.2) is 0 Å². The molecule has 0 saturated carbocycles. The molecule has 0 saturated heterocycles. The van der Waals surface area contributed by atoms with E-state index < -0.39 is 5.97 Å². The SMILES string of the molecule is COc1cccc(COc2cc(Cl)c(Nc3ccccc3CC(=O)O)c(Cl)c2)c1. The monoisotopic (exact) mass is 431 g/mol. The third kappa shape index (κ3) is 5.56. The predicted molar refractivity (Wildman–Crippen MR) is 115 cm³/mol. The fourth-order valence-corrected chi connectivity index (χ4v) is 3.34. The lowest BCUT2D eigenvalue weighted by Gasteiger charge is -2.15. The molecule has 0 radical (unpaired) electrons. The molecule has 3 aromatic carbocycles. The van der Waals surface area contributed by atoms with E-state index in [1.165, 1.54) is 0 Å². The Bertz CT molecular complexity index is 1000. The normalized spacial score (nSPS) is 10.4. The van der Waals surface area contributed by atoms with Crippen molar-refractivity contribution in [1.82, 2.24) is 0 Å². The van der Waals surface area contributed by atoms with Crippen molar-refractivity contribution in [2.75, 3.05) is 12.4 Å². The van der Waals surface area contributed by atoms with Gasteiger partial charge in [-0.3, -0.25) is 4.79 Å². The number of benzene rings is 3. The van der Waals surface area contributed by atoms with Gasteiger partial charge in [-0.1, -0.05) is 53.5 Å². The molecule has 2 N–H and O–H groups in total. The maximum atomic E-state index is 11.1. The summed E-state index contributed by atoms with van der Waals surface area (Å²) >= 11 is 12.8. The minimum Gasteiger partial charge on any atom is -0.497 e. The summed E-state index contributed by atoms with van der Waals surface area (Å²) in [4.78, 5) is 11.1. The van der Waals surface area contributed by atoms with Gasteiger partial charge >= 0.3 is 5.97 Å². The summed E-state index contributed by atoms with van der Waals surface area (Å²) in [6.07, 6.45) is -0.111. The van der Waals surface area contributed by atoms with E-state index in [1.807, 2.05) is 24.3 Å². The minimum atomic E-state index is -0.919. The van der Waals surface area contributed by atoms with Crippen molar-refractivity contribution in [3.05, 3.63) is 81.8 Å². The summed E-state index contributed by atoms with van der Waals surface area (Å²) in [5.74, 6) is 0.353. The predicted octanol–water partition coefficient (Wildman–Crippen LogP) is 5.95. The topological polar surface area (TPSA) is 67.8 Å². The number of carbonyl (C=O) groups is 1. The lowest BCUT2D eigenvalue weighted by Crippen LogP contribution is -2.04. The van der Waals surface area contributed by atoms with Crippen LogP contribution in [0, 0.1) is 0 Å². The zero-order chi connectivity index (χ0) is 20.8. The molecule has 0 aromatic heterocycles. The zero-order valence-electron chi connectivity index (χ0n) is 15.6. The summed E-state index contributed by atoms with van der Waals surface area (Å²) in [6, 6.07) is 18.0. The van der Waals surface area contributed by atoms with E-state index in [-0.39, 0.29) is 6.42 Å². The van der Waals surface area contributed by atoms with Crippen molar-refractivity contribution in [2.24, 2.45) is 0 Å². The van der Waals surface area contributed by atoms with E-state index in [0.29, 0.717) is 39.3 Å². The highest BCUT2D eigenvalue weighted by Crippen LogP contribution is 2.37. The molecular formula is C22H19Cl2NO4. The fraction of sp³-hybridized carbons (Fsp3) is 0.136. The van der Waals surface area contributed by atoms with Crippen LogP contribution in [-0.4, -0.2) is 18.2 Å². The maximum absolute atomic E-state index is 11.1. The molecule has 0 spiro atoms. The number of hydrogen-bond acceptors (Lipinski definition) is 4. The summed E-state index contributed by atoms with van der Waals surface area (Å²) in [7, 11) is 1.61. The van der Waals surface area contributed by atoms with Crippen molar-refractivity contribution >= 4 is 40.5 Å². The van der Waals surface area contributed by atoms with E-state index in [4.69, 9.17) is 37.8 Å². The third-order valence-electron chi connectivity index (χ3n) is 4.17. The first-order valence-electron chi connectivity index (χ1n) is 8.77. The Labute approximate surface area is 178 Å². The number of methoxy groups -OCH3 is 1. The summed E-state index contributed by atoms with van der Waals surface area (Å²) in [5.41, 5.74) is 2.69. The third-order valence-corrected chi connectivity index (χ3v) is 4.77. The summed E-state index contributed by atoms with van der Waals surface area (Å²) < 4.78 is 11.0. The fourth-order valence-electron chi connectivity index (χ4n) is 2.78. The van der Waals surface area contributed by atoms with E-state index in [1.54, 1.807) is 43.5 Å². The standard InChI is InChI=1S/C22H19Cl2NO4/c1-28-16-7-4-5-14(9-16)13-29-17-11-18(23)22(19(24)12-17)25-20-8-3-2-6-15(20)10-21(26)27/h2-9,11-12,25H,10,13H2,1H3,(H,26,27). The molecule has 0 aliphatic heterocycles. The van der Waals surface area contributed by atoms with Crippen LogP contribution < -0.4 is 14.8 Å². The highest BCUT2D eigenvalue weighted by atomic mass is 35.5. The smallest absolute Gasteiger partial charge is 0.307 e. The largest absolute Gasteiger partial charge is 0.497 e. The van der Waals surface area contributed by atoms with Crippen LogP contribution in [-0.2, 0) is 17.8 Å². The van der Waals surface area contributed by atoms with Gasteiger partial charge in [0.15, 0.2) is 0 Å². The van der Waals surface area contributed by atoms with Crippen LogP contribution in [0.15, 0.2) is 60.7 Å². The van der Waals surface area contributed by atoms with Crippen molar-refractivity contribution in [3.8, 4) is 11.5 Å². The van der Waals surface area contributed by atoms with E-state index in [2.05, 4.69) is 5.32 Å². The van der Waals surface area contributed by atoms with Gasteiger partial charge in [-0.15, -0.1) is 0 Å². The Morgan fingerprint density at radius 1 is 1.00 bits per heavy atom. The van der Waals surface area contributed by atoms with E-state index >= 15 is 0 Å². The molecule has 0 atom stereocenters. The number of rotatable bonds is 8. The zero-order valence-corrected chi connectivity index (χ0v) is 17.1.